The van der Waals surface area contributed by atoms with E-state index in [1.54, 1.807) is 18.3 Å². The Bertz CT molecular complexity index is 800. The maximum absolute atomic E-state index is 12.8. The molecular weight excluding hydrogens is 339 g/mol. The average Bonchev–Trinajstić information content (AvgIpc) is 2.88. The van der Waals surface area contributed by atoms with Crippen molar-refractivity contribution in [1.82, 2.24) is 20.3 Å². The Morgan fingerprint density at radius 3 is 2.81 bits per heavy atom. The second-order valence-corrected chi connectivity index (χ2v) is 5.25. The summed E-state index contributed by atoms with van der Waals surface area (Å²) in [6.07, 6.45) is 3.05. The molecular formula is C14H10BrFN4O. The molecule has 21 heavy (non-hydrogen) atoms. The third-order valence-corrected chi connectivity index (χ3v) is 3.60. The lowest BCUT2D eigenvalue weighted by Crippen LogP contribution is -2.24. The van der Waals surface area contributed by atoms with Crippen LogP contribution in [0.15, 0.2) is 41.3 Å². The smallest absolute Gasteiger partial charge is 0.272 e. The van der Waals surface area contributed by atoms with Crippen molar-refractivity contribution >= 4 is 32.9 Å². The molecule has 2 aromatic heterocycles. The highest BCUT2D eigenvalue weighted by atomic mass is 79.9. The van der Waals surface area contributed by atoms with E-state index < -0.39 is 0 Å². The quantitative estimate of drug-likeness (QED) is 0.764. The van der Waals surface area contributed by atoms with Crippen LogP contribution in [0.5, 0.6) is 0 Å². The minimum Gasteiger partial charge on any atom is -0.357 e. The monoisotopic (exact) mass is 348 g/mol. The van der Waals surface area contributed by atoms with Crippen LogP contribution >= 0.6 is 15.9 Å². The molecule has 1 aromatic carbocycles. The fourth-order valence-electron chi connectivity index (χ4n) is 1.95. The first kappa shape index (κ1) is 13.7. The zero-order chi connectivity index (χ0) is 14.8. The van der Waals surface area contributed by atoms with E-state index in [0.717, 1.165) is 10.0 Å². The summed E-state index contributed by atoms with van der Waals surface area (Å²) in [4.78, 5) is 23.3. The Morgan fingerprint density at radius 1 is 1.29 bits per heavy atom. The van der Waals surface area contributed by atoms with Gasteiger partial charge in [0.1, 0.15) is 17.7 Å². The first-order valence-corrected chi connectivity index (χ1v) is 6.94. The van der Waals surface area contributed by atoms with Crippen molar-refractivity contribution < 1.29 is 9.18 Å². The van der Waals surface area contributed by atoms with Crippen LogP contribution in [-0.2, 0) is 6.54 Å². The van der Waals surface area contributed by atoms with Gasteiger partial charge in [-0.05, 0) is 33.6 Å². The number of benzene rings is 1. The summed E-state index contributed by atoms with van der Waals surface area (Å²) in [6.45, 7) is 0.298. The predicted octanol–water partition coefficient (Wildman–Crippen LogP) is 2.79. The van der Waals surface area contributed by atoms with Gasteiger partial charge in [0, 0.05) is 12.7 Å². The van der Waals surface area contributed by atoms with Crippen molar-refractivity contribution in [3.05, 3.63) is 58.3 Å². The molecule has 2 N–H and O–H groups in total. The van der Waals surface area contributed by atoms with Crippen molar-refractivity contribution in [3.8, 4) is 0 Å². The van der Waals surface area contributed by atoms with E-state index in [1.165, 1.54) is 18.5 Å². The van der Waals surface area contributed by atoms with Gasteiger partial charge in [-0.25, -0.2) is 14.4 Å². The number of hydrogen-bond donors (Lipinski definition) is 2. The van der Waals surface area contributed by atoms with Gasteiger partial charge in [-0.15, -0.1) is 0 Å². The molecule has 2 heterocycles. The molecule has 7 heteroatoms. The molecule has 0 unspecified atom stereocenters. The molecule has 5 nitrogen and oxygen atoms in total. The molecule has 106 valence electrons. The summed E-state index contributed by atoms with van der Waals surface area (Å²) in [7, 11) is 0. The van der Waals surface area contributed by atoms with Gasteiger partial charge in [0.05, 0.1) is 9.99 Å². The molecule has 0 saturated carbocycles. The number of nitrogens with one attached hydrogen (secondary N) is 2. The van der Waals surface area contributed by atoms with Crippen molar-refractivity contribution in [2.45, 2.75) is 6.54 Å². The minimum atomic E-state index is -0.318. The molecule has 0 aliphatic rings. The molecule has 0 spiro atoms. The number of carbonyl (C=O) groups is 1. The Kier molecular flexibility index (Phi) is 3.66. The van der Waals surface area contributed by atoms with E-state index in [9.17, 15) is 9.18 Å². The SMILES string of the molecule is O=C(NCc1ccc(F)cc1)c1ncnc2c(Br)c[nH]c12. The number of hydrogen-bond acceptors (Lipinski definition) is 3. The summed E-state index contributed by atoms with van der Waals surface area (Å²) in [5.41, 5.74) is 2.30. The largest absolute Gasteiger partial charge is 0.357 e. The number of amides is 1. The van der Waals surface area contributed by atoms with E-state index in [-0.39, 0.29) is 17.4 Å². The number of nitrogens with zero attached hydrogens (tertiary/aromatic N) is 2. The van der Waals surface area contributed by atoms with E-state index in [1.807, 2.05) is 0 Å². The van der Waals surface area contributed by atoms with Crippen molar-refractivity contribution in [2.24, 2.45) is 0 Å². The zero-order valence-corrected chi connectivity index (χ0v) is 12.3. The van der Waals surface area contributed by atoms with E-state index in [0.29, 0.717) is 17.6 Å². The molecule has 0 radical (unpaired) electrons. The number of H-pyrrole nitrogens is 1. The van der Waals surface area contributed by atoms with Gasteiger partial charge >= 0.3 is 0 Å². The molecule has 0 aliphatic carbocycles. The van der Waals surface area contributed by atoms with Crippen molar-refractivity contribution in [3.63, 3.8) is 0 Å². The zero-order valence-electron chi connectivity index (χ0n) is 10.7. The number of rotatable bonds is 3. The summed E-state index contributed by atoms with van der Waals surface area (Å²) in [6, 6.07) is 5.95. The van der Waals surface area contributed by atoms with Crippen molar-refractivity contribution in [1.29, 1.82) is 0 Å². The fraction of sp³-hybridized carbons (Fsp3) is 0.0714. The maximum Gasteiger partial charge on any atom is 0.272 e. The summed E-state index contributed by atoms with van der Waals surface area (Å²) < 4.78 is 13.6. The fourth-order valence-corrected chi connectivity index (χ4v) is 2.36. The maximum atomic E-state index is 12.8. The van der Waals surface area contributed by atoms with Crippen LogP contribution in [0.2, 0.25) is 0 Å². The standard InChI is InChI=1S/C14H10BrFN4O/c15-10-6-17-12-11(10)19-7-20-13(12)14(21)18-5-8-1-3-9(16)4-2-8/h1-4,6-7,17H,5H2,(H,18,21). The third-order valence-electron chi connectivity index (χ3n) is 3.00. The van der Waals surface area contributed by atoms with E-state index in [2.05, 4.69) is 36.2 Å². The van der Waals surface area contributed by atoms with Gasteiger partial charge in [0.25, 0.3) is 5.91 Å². The first-order valence-electron chi connectivity index (χ1n) is 6.15. The number of fused-ring (bicyclic) bond motifs is 1. The number of halogens is 2. The number of aromatic amines is 1. The normalized spacial score (nSPS) is 10.8. The second kappa shape index (κ2) is 5.61. The number of aromatic nitrogens is 3. The Morgan fingerprint density at radius 2 is 2.05 bits per heavy atom. The second-order valence-electron chi connectivity index (χ2n) is 4.39. The van der Waals surface area contributed by atoms with Gasteiger partial charge in [0.2, 0.25) is 0 Å². The van der Waals surface area contributed by atoms with Crippen LogP contribution in [0.4, 0.5) is 4.39 Å². The van der Waals surface area contributed by atoms with Gasteiger partial charge < -0.3 is 10.3 Å². The van der Waals surface area contributed by atoms with Crippen LogP contribution < -0.4 is 5.32 Å². The molecule has 0 bridgehead atoms. The highest BCUT2D eigenvalue weighted by molar-refractivity contribution is 9.10. The lowest BCUT2D eigenvalue weighted by atomic mass is 10.2. The van der Waals surface area contributed by atoms with Crippen LogP contribution in [0.3, 0.4) is 0 Å². The molecule has 3 rings (SSSR count). The van der Waals surface area contributed by atoms with Gasteiger partial charge in [-0.3, -0.25) is 4.79 Å². The van der Waals surface area contributed by atoms with Gasteiger partial charge in [-0.1, -0.05) is 12.1 Å². The molecule has 1 amide bonds. The Balaban J connectivity index is 1.79. The van der Waals surface area contributed by atoms with Crippen LogP contribution in [-0.4, -0.2) is 20.9 Å². The highest BCUT2D eigenvalue weighted by Gasteiger charge is 2.15. The van der Waals surface area contributed by atoms with Gasteiger partial charge in [0.15, 0.2) is 5.69 Å². The minimum absolute atomic E-state index is 0.271. The average molecular weight is 349 g/mol. The topological polar surface area (TPSA) is 70.7 Å². The molecule has 0 atom stereocenters. The summed E-state index contributed by atoms with van der Waals surface area (Å²) in [5.74, 6) is -0.625. The van der Waals surface area contributed by atoms with Crippen LogP contribution in [0.25, 0.3) is 11.0 Å². The van der Waals surface area contributed by atoms with Crippen LogP contribution in [0.1, 0.15) is 16.1 Å². The molecule has 0 aliphatic heterocycles. The predicted molar refractivity (Wildman–Crippen MR) is 79.2 cm³/mol. The molecule has 0 saturated heterocycles. The number of carbonyl (C=O) groups excluding carboxylic acids is 1. The highest BCUT2D eigenvalue weighted by Crippen LogP contribution is 2.22. The lowest BCUT2D eigenvalue weighted by molar-refractivity contribution is 0.0947. The van der Waals surface area contributed by atoms with Crippen molar-refractivity contribution in [2.75, 3.05) is 0 Å². The summed E-state index contributed by atoms with van der Waals surface area (Å²) in [5, 5.41) is 2.75. The lowest BCUT2D eigenvalue weighted by Gasteiger charge is -2.05. The Hall–Kier alpha value is -2.28. The Labute approximate surface area is 127 Å². The summed E-state index contributed by atoms with van der Waals surface area (Å²) >= 11 is 3.34. The third kappa shape index (κ3) is 2.78. The van der Waals surface area contributed by atoms with E-state index >= 15 is 0 Å². The molecule has 0 fully saturated rings. The first-order chi connectivity index (χ1) is 10.1. The van der Waals surface area contributed by atoms with E-state index in [4.69, 9.17) is 0 Å². The van der Waals surface area contributed by atoms with Gasteiger partial charge in [-0.2, -0.15) is 0 Å². The molecule has 3 aromatic rings. The van der Waals surface area contributed by atoms with Crippen LogP contribution in [0, 0.1) is 5.82 Å².